The largest absolute Gasteiger partial charge is 0.398 e. The maximum Gasteiger partial charge on any atom is 0.263 e. The molecule has 0 heterocycles. The zero-order valence-electron chi connectivity index (χ0n) is 9.87. The Morgan fingerprint density at radius 3 is 2.26 bits per heavy atom. The first-order chi connectivity index (χ1) is 9.03. The Labute approximate surface area is 111 Å². The molecule has 6 heteroatoms. The third kappa shape index (κ3) is 2.84. The van der Waals surface area contributed by atoms with E-state index in [-0.39, 0.29) is 10.6 Å². The normalized spacial score (nSPS) is 10.7. The number of rotatable bonds is 3. The lowest BCUT2D eigenvalue weighted by atomic mass is 10.2. The Balaban J connectivity index is 2.32. The Hall–Kier alpha value is -2.52. The van der Waals surface area contributed by atoms with E-state index in [9.17, 15) is 8.42 Å². The molecule has 0 saturated carbocycles. The highest BCUT2D eigenvalue weighted by Crippen LogP contribution is 2.21. The zero-order chi connectivity index (χ0) is 13.9. The van der Waals surface area contributed by atoms with Crippen molar-refractivity contribution in [1.29, 1.82) is 5.26 Å². The Bertz CT molecular complexity index is 731. The molecule has 0 aromatic heterocycles. The van der Waals surface area contributed by atoms with Gasteiger partial charge in [0.25, 0.3) is 10.0 Å². The van der Waals surface area contributed by atoms with Gasteiger partial charge in [0, 0.05) is 5.69 Å². The van der Waals surface area contributed by atoms with Crippen LogP contribution in [0.15, 0.2) is 53.4 Å². The van der Waals surface area contributed by atoms with Gasteiger partial charge in [-0.15, -0.1) is 0 Å². The quantitative estimate of drug-likeness (QED) is 0.835. The summed E-state index contributed by atoms with van der Waals surface area (Å²) in [4.78, 5) is 0.0272. The van der Waals surface area contributed by atoms with Crippen LogP contribution in [0.25, 0.3) is 0 Å². The molecule has 2 aromatic carbocycles. The summed E-state index contributed by atoms with van der Waals surface area (Å²) < 4.78 is 26.7. The molecule has 0 aliphatic heterocycles. The number of nitrogens with zero attached hydrogens (tertiary/aromatic N) is 1. The van der Waals surface area contributed by atoms with Crippen LogP contribution in [0.3, 0.4) is 0 Å². The van der Waals surface area contributed by atoms with Crippen LogP contribution in [0.2, 0.25) is 0 Å². The number of para-hydroxylation sites is 1. The van der Waals surface area contributed by atoms with Crippen LogP contribution in [0, 0.1) is 11.3 Å². The summed E-state index contributed by atoms with van der Waals surface area (Å²) in [5, 5.41) is 8.67. The highest BCUT2D eigenvalue weighted by Gasteiger charge is 2.16. The van der Waals surface area contributed by atoms with Crippen LogP contribution < -0.4 is 10.5 Å². The number of anilines is 2. The molecule has 0 bridgehead atoms. The lowest BCUT2D eigenvalue weighted by molar-refractivity contribution is 0.601. The van der Waals surface area contributed by atoms with E-state index in [1.165, 1.54) is 36.4 Å². The van der Waals surface area contributed by atoms with Gasteiger partial charge in [0.15, 0.2) is 0 Å². The molecule has 19 heavy (non-hydrogen) atoms. The van der Waals surface area contributed by atoms with Crippen molar-refractivity contribution in [2.45, 2.75) is 4.90 Å². The molecule has 0 spiro atoms. The number of nitrogens with one attached hydrogen (secondary N) is 1. The van der Waals surface area contributed by atoms with Crippen molar-refractivity contribution in [3.8, 4) is 6.07 Å². The van der Waals surface area contributed by atoms with Crippen LogP contribution in [-0.4, -0.2) is 8.42 Å². The van der Waals surface area contributed by atoms with E-state index in [2.05, 4.69) is 4.72 Å². The van der Waals surface area contributed by atoms with Gasteiger partial charge in [-0.25, -0.2) is 8.42 Å². The molecule has 0 unspecified atom stereocenters. The average molecular weight is 273 g/mol. The summed E-state index contributed by atoms with van der Waals surface area (Å²) in [6, 6.07) is 14.3. The molecule has 0 aliphatic rings. The minimum absolute atomic E-state index is 0.0272. The second kappa shape index (κ2) is 5.00. The van der Waals surface area contributed by atoms with Crippen LogP contribution in [0.5, 0.6) is 0 Å². The molecule has 3 N–H and O–H groups in total. The molecule has 0 aliphatic carbocycles. The molecular formula is C13H11N3O2S. The molecule has 0 radical (unpaired) electrons. The van der Waals surface area contributed by atoms with Crippen molar-refractivity contribution in [2.75, 3.05) is 10.5 Å². The molecule has 0 fully saturated rings. The van der Waals surface area contributed by atoms with Crippen LogP contribution in [-0.2, 0) is 10.0 Å². The van der Waals surface area contributed by atoms with Gasteiger partial charge in [-0.2, -0.15) is 5.26 Å². The molecule has 96 valence electrons. The standard InChI is InChI=1S/C13H11N3O2S/c14-9-10-5-7-11(8-6-10)16-19(17,18)13-4-2-1-3-12(13)15/h1-8,16H,15H2. The third-order valence-corrected chi connectivity index (χ3v) is 3.93. The van der Waals surface area contributed by atoms with E-state index < -0.39 is 10.0 Å². The van der Waals surface area contributed by atoms with E-state index in [0.717, 1.165) is 0 Å². The minimum atomic E-state index is -3.72. The summed E-state index contributed by atoms with van der Waals surface area (Å²) >= 11 is 0. The summed E-state index contributed by atoms with van der Waals surface area (Å²) in [6.07, 6.45) is 0. The van der Waals surface area contributed by atoms with Crippen molar-refractivity contribution in [3.63, 3.8) is 0 Å². The van der Waals surface area contributed by atoms with Crippen LogP contribution in [0.1, 0.15) is 5.56 Å². The van der Waals surface area contributed by atoms with Gasteiger partial charge in [0.05, 0.1) is 17.3 Å². The Morgan fingerprint density at radius 1 is 1.05 bits per heavy atom. The van der Waals surface area contributed by atoms with E-state index in [1.807, 2.05) is 6.07 Å². The van der Waals surface area contributed by atoms with Gasteiger partial charge in [0.2, 0.25) is 0 Å². The van der Waals surface area contributed by atoms with Crippen molar-refractivity contribution in [3.05, 3.63) is 54.1 Å². The molecule has 0 saturated heterocycles. The van der Waals surface area contributed by atoms with E-state index in [1.54, 1.807) is 12.1 Å². The summed E-state index contributed by atoms with van der Waals surface area (Å²) in [7, 11) is -3.72. The summed E-state index contributed by atoms with van der Waals surface area (Å²) in [5.41, 5.74) is 6.67. The average Bonchev–Trinajstić information content (AvgIpc) is 2.39. The molecule has 0 atom stereocenters. The lowest BCUT2D eigenvalue weighted by Crippen LogP contribution is -2.14. The Morgan fingerprint density at radius 2 is 1.68 bits per heavy atom. The number of hydrogen-bond acceptors (Lipinski definition) is 4. The number of sulfonamides is 1. The summed E-state index contributed by atoms with van der Waals surface area (Å²) in [5.74, 6) is 0. The van der Waals surface area contributed by atoms with Crippen molar-refractivity contribution >= 4 is 21.4 Å². The molecule has 0 amide bonds. The predicted octanol–water partition coefficient (Wildman–Crippen LogP) is 1.94. The van der Waals surface area contributed by atoms with Crippen LogP contribution >= 0.6 is 0 Å². The zero-order valence-corrected chi connectivity index (χ0v) is 10.7. The van der Waals surface area contributed by atoms with Gasteiger partial charge in [-0.1, -0.05) is 12.1 Å². The van der Waals surface area contributed by atoms with Crippen molar-refractivity contribution < 1.29 is 8.42 Å². The second-order valence-corrected chi connectivity index (χ2v) is 5.48. The topological polar surface area (TPSA) is 96.0 Å². The number of nitriles is 1. The number of nitrogen functional groups attached to an aromatic ring is 1. The fourth-order valence-corrected chi connectivity index (χ4v) is 2.74. The molecular weight excluding hydrogens is 262 g/mol. The van der Waals surface area contributed by atoms with Gasteiger partial charge in [-0.3, -0.25) is 4.72 Å². The lowest BCUT2D eigenvalue weighted by Gasteiger charge is -2.09. The van der Waals surface area contributed by atoms with Gasteiger partial charge in [0.1, 0.15) is 4.90 Å². The highest BCUT2D eigenvalue weighted by molar-refractivity contribution is 7.92. The number of hydrogen-bond donors (Lipinski definition) is 2. The van der Waals surface area contributed by atoms with Crippen molar-refractivity contribution in [2.24, 2.45) is 0 Å². The number of benzene rings is 2. The smallest absolute Gasteiger partial charge is 0.263 e. The van der Waals surface area contributed by atoms with E-state index in [0.29, 0.717) is 11.3 Å². The first-order valence-corrected chi connectivity index (χ1v) is 6.89. The molecule has 5 nitrogen and oxygen atoms in total. The van der Waals surface area contributed by atoms with E-state index >= 15 is 0 Å². The first-order valence-electron chi connectivity index (χ1n) is 5.40. The maximum absolute atomic E-state index is 12.1. The SMILES string of the molecule is N#Cc1ccc(NS(=O)(=O)c2ccccc2N)cc1. The van der Waals surface area contributed by atoms with Gasteiger partial charge >= 0.3 is 0 Å². The molecule has 2 rings (SSSR count). The Kier molecular flexibility index (Phi) is 3.40. The van der Waals surface area contributed by atoms with Gasteiger partial charge in [-0.05, 0) is 36.4 Å². The fourth-order valence-electron chi connectivity index (χ4n) is 1.55. The number of nitrogens with two attached hydrogens (primary N) is 1. The first kappa shape index (κ1) is 12.9. The van der Waals surface area contributed by atoms with E-state index in [4.69, 9.17) is 11.0 Å². The summed E-state index contributed by atoms with van der Waals surface area (Å²) in [6.45, 7) is 0. The second-order valence-electron chi connectivity index (χ2n) is 3.83. The van der Waals surface area contributed by atoms with Crippen LogP contribution in [0.4, 0.5) is 11.4 Å². The molecule has 2 aromatic rings. The minimum Gasteiger partial charge on any atom is -0.398 e. The van der Waals surface area contributed by atoms with Crippen molar-refractivity contribution in [1.82, 2.24) is 0 Å². The van der Waals surface area contributed by atoms with Gasteiger partial charge < -0.3 is 5.73 Å². The predicted molar refractivity (Wildman–Crippen MR) is 72.8 cm³/mol. The monoisotopic (exact) mass is 273 g/mol. The fraction of sp³-hybridized carbons (Fsp3) is 0. The third-order valence-electron chi connectivity index (χ3n) is 2.47. The maximum atomic E-state index is 12.1. The highest BCUT2D eigenvalue weighted by atomic mass is 32.2.